The summed E-state index contributed by atoms with van der Waals surface area (Å²) >= 11 is 1.42. The molecule has 3 rings (SSSR count). The maximum Gasteiger partial charge on any atom is 0.133 e. The molecule has 0 spiro atoms. The number of phenolic OH excluding ortho intramolecular Hbond substituents is 1. The van der Waals surface area contributed by atoms with Crippen molar-refractivity contribution in [3.05, 3.63) is 70.8 Å². The first-order valence-corrected chi connectivity index (χ1v) is 8.00. The molecule has 0 radical (unpaired) electrons. The van der Waals surface area contributed by atoms with Crippen molar-refractivity contribution in [3.8, 4) is 17.0 Å². The molecule has 0 amide bonds. The summed E-state index contributed by atoms with van der Waals surface area (Å²) in [5, 5.41) is 12.7. The van der Waals surface area contributed by atoms with Gasteiger partial charge in [-0.15, -0.1) is 20.6 Å². The Morgan fingerprint density at radius 2 is 1.91 bits per heavy atom. The molecule has 5 heteroatoms. The lowest BCUT2D eigenvalue weighted by atomic mass is 10.1. The van der Waals surface area contributed by atoms with Crippen molar-refractivity contribution in [2.75, 3.05) is 0 Å². The van der Waals surface area contributed by atoms with Crippen molar-refractivity contribution in [1.82, 2.24) is 4.98 Å². The minimum atomic E-state index is -0.292. The van der Waals surface area contributed by atoms with Crippen molar-refractivity contribution < 1.29 is 9.50 Å². The van der Waals surface area contributed by atoms with Crippen LogP contribution < -0.4 is 5.30 Å². The molecule has 0 fully saturated rings. The molecule has 110 valence electrons. The molecule has 1 aromatic heterocycles. The molecule has 0 aliphatic heterocycles. The molecule has 0 saturated carbocycles. The summed E-state index contributed by atoms with van der Waals surface area (Å²) in [5.41, 5.74) is 2.72. The molecule has 1 unspecified atom stereocenters. The normalized spacial score (nSPS) is 10.6. The van der Waals surface area contributed by atoms with Gasteiger partial charge in [-0.3, -0.25) is 0 Å². The van der Waals surface area contributed by atoms with Gasteiger partial charge in [0.2, 0.25) is 0 Å². The molecule has 2 aromatic carbocycles. The van der Waals surface area contributed by atoms with Crippen molar-refractivity contribution >= 4 is 31.5 Å². The van der Waals surface area contributed by atoms with E-state index in [1.54, 1.807) is 30.3 Å². The van der Waals surface area contributed by atoms with Crippen LogP contribution >= 0.6 is 20.6 Å². The molecule has 0 bridgehead atoms. The molecule has 3 aromatic rings. The van der Waals surface area contributed by atoms with Crippen molar-refractivity contribution in [2.45, 2.75) is 0 Å². The monoisotopic (exact) mass is 329 g/mol. The van der Waals surface area contributed by atoms with E-state index in [0.29, 0.717) is 11.3 Å². The first-order chi connectivity index (χ1) is 10.6. The summed E-state index contributed by atoms with van der Waals surface area (Å²) in [6, 6.07) is 11.7. The molecular weight excluding hydrogens is 316 g/mol. The molecule has 0 aliphatic rings. The molecule has 1 N–H and O–H groups in total. The lowest BCUT2D eigenvalue weighted by Crippen LogP contribution is -2.00. The fourth-order valence-corrected chi connectivity index (χ4v) is 3.33. The molecule has 2 nitrogen and oxygen atoms in total. The van der Waals surface area contributed by atoms with E-state index in [9.17, 15) is 9.50 Å². The number of hydrogen-bond donors (Lipinski definition) is 1. The number of rotatable bonds is 3. The number of benzene rings is 2. The zero-order valence-corrected chi connectivity index (χ0v) is 13.6. The highest BCUT2D eigenvalue weighted by molar-refractivity contribution is 7.28. The summed E-state index contributed by atoms with van der Waals surface area (Å²) in [4.78, 5) is 4.50. The van der Waals surface area contributed by atoms with Crippen molar-refractivity contribution in [3.63, 3.8) is 0 Å². The highest BCUT2D eigenvalue weighted by Gasteiger charge is 2.14. The first-order valence-electron chi connectivity index (χ1n) is 6.55. The average Bonchev–Trinajstić information content (AvgIpc) is 2.97. The van der Waals surface area contributed by atoms with Gasteiger partial charge in [-0.25, -0.2) is 9.37 Å². The van der Waals surface area contributed by atoms with Crippen LogP contribution in [-0.2, 0) is 0 Å². The zero-order chi connectivity index (χ0) is 15.7. The second-order valence-electron chi connectivity index (χ2n) is 4.77. The van der Waals surface area contributed by atoms with E-state index in [1.165, 1.54) is 17.4 Å². The van der Waals surface area contributed by atoms with E-state index in [2.05, 4.69) is 20.8 Å². The second kappa shape index (κ2) is 5.99. The van der Waals surface area contributed by atoms with E-state index in [1.807, 2.05) is 11.4 Å². The van der Waals surface area contributed by atoms with Crippen LogP contribution in [0.25, 0.3) is 16.8 Å². The Hall–Kier alpha value is -2.03. The van der Waals surface area contributed by atoms with Crippen LogP contribution in [0.3, 0.4) is 0 Å². The lowest BCUT2D eigenvalue weighted by Gasteiger charge is -2.04. The Labute approximate surface area is 134 Å². The summed E-state index contributed by atoms with van der Waals surface area (Å²) in [7, 11) is 2.53. The number of thiazole rings is 1. The lowest BCUT2D eigenvalue weighted by molar-refractivity contribution is 0.475. The number of aromatic nitrogens is 1. The summed E-state index contributed by atoms with van der Waals surface area (Å²) in [5.74, 6) is -0.0880. The highest BCUT2D eigenvalue weighted by atomic mass is 32.1. The van der Waals surface area contributed by atoms with Crippen LogP contribution in [0, 0.1) is 5.82 Å². The summed E-state index contributed by atoms with van der Waals surface area (Å²) in [6.07, 6.45) is 0. The molecule has 0 aliphatic carbocycles. The van der Waals surface area contributed by atoms with Gasteiger partial charge in [0.15, 0.2) is 0 Å². The predicted octanol–water partition coefficient (Wildman–Crippen LogP) is 4.22. The van der Waals surface area contributed by atoms with E-state index < -0.39 is 0 Å². The van der Waals surface area contributed by atoms with E-state index >= 15 is 0 Å². The quantitative estimate of drug-likeness (QED) is 0.730. The first kappa shape index (κ1) is 14.9. The van der Waals surface area contributed by atoms with Gasteiger partial charge in [-0.1, -0.05) is 30.8 Å². The van der Waals surface area contributed by atoms with Crippen LogP contribution in [0.4, 0.5) is 4.39 Å². The third-order valence-electron chi connectivity index (χ3n) is 3.28. The molecule has 0 saturated heterocycles. The van der Waals surface area contributed by atoms with E-state index in [4.69, 9.17) is 0 Å². The van der Waals surface area contributed by atoms with Crippen LogP contribution in [-0.4, -0.2) is 10.1 Å². The largest absolute Gasteiger partial charge is 0.508 e. The smallest absolute Gasteiger partial charge is 0.133 e. The fraction of sp³-hybridized carbons (Fsp3) is 0. The number of halogens is 1. The summed E-state index contributed by atoms with van der Waals surface area (Å²) in [6.45, 7) is 4.04. The minimum absolute atomic E-state index is 0.204. The predicted molar refractivity (Wildman–Crippen MR) is 93.1 cm³/mol. The van der Waals surface area contributed by atoms with Crippen LogP contribution in [0.5, 0.6) is 5.75 Å². The number of phenols is 1. The third kappa shape index (κ3) is 2.80. The van der Waals surface area contributed by atoms with Crippen molar-refractivity contribution in [1.29, 1.82) is 0 Å². The number of aromatic hydroxyl groups is 1. The standard InChI is InChI=1S/C17H13FNOPS/c1-10(11-5-7-12(20)8-6-11)17-19-14(9-22-17)16-13(18)3-2-4-15(16)21/h2-9,20H,1,21H2. The Kier molecular flexibility index (Phi) is 4.06. The fourth-order valence-electron chi connectivity index (χ4n) is 2.12. The third-order valence-corrected chi connectivity index (χ3v) is 4.66. The van der Waals surface area contributed by atoms with Gasteiger partial charge in [-0.2, -0.15) is 0 Å². The topological polar surface area (TPSA) is 33.1 Å². The van der Waals surface area contributed by atoms with Gasteiger partial charge in [0.25, 0.3) is 0 Å². The van der Waals surface area contributed by atoms with Crippen molar-refractivity contribution in [2.24, 2.45) is 0 Å². The second-order valence-corrected chi connectivity index (χ2v) is 6.25. The van der Waals surface area contributed by atoms with Crippen LogP contribution in [0.15, 0.2) is 54.4 Å². The maximum absolute atomic E-state index is 14.0. The van der Waals surface area contributed by atoms with Gasteiger partial charge < -0.3 is 5.11 Å². The maximum atomic E-state index is 14.0. The molecule has 1 heterocycles. The average molecular weight is 329 g/mol. The van der Waals surface area contributed by atoms with Gasteiger partial charge in [0.1, 0.15) is 16.6 Å². The number of hydrogen-bond acceptors (Lipinski definition) is 3. The molecule has 1 atom stereocenters. The van der Waals surface area contributed by atoms with Gasteiger partial charge in [0, 0.05) is 16.5 Å². The Morgan fingerprint density at radius 1 is 1.18 bits per heavy atom. The van der Waals surface area contributed by atoms with Crippen LogP contribution in [0.1, 0.15) is 10.6 Å². The van der Waals surface area contributed by atoms with Gasteiger partial charge >= 0.3 is 0 Å². The van der Waals surface area contributed by atoms with Gasteiger partial charge in [0.05, 0.1) is 5.69 Å². The van der Waals surface area contributed by atoms with E-state index in [-0.39, 0.29) is 11.6 Å². The Morgan fingerprint density at radius 3 is 2.59 bits per heavy atom. The van der Waals surface area contributed by atoms with E-state index in [0.717, 1.165) is 21.4 Å². The van der Waals surface area contributed by atoms with Gasteiger partial charge in [-0.05, 0) is 29.1 Å². The summed E-state index contributed by atoms with van der Waals surface area (Å²) < 4.78 is 14.0. The highest BCUT2D eigenvalue weighted by Crippen LogP contribution is 2.30. The molecule has 22 heavy (non-hydrogen) atoms. The minimum Gasteiger partial charge on any atom is -0.508 e. The Bertz CT molecular complexity index is 822. The number of nitrogens with zero attached hydrogens (tertiary/aromatic N) is 1. The zero-order valence-electron chi connectivity index (χ0n) is 11.6. The molecular formula is C17H13FNOPS. The Balaban J connectivity index is 1.97. The van der Waals surface area contributed by atoms with Crippen LogP contribution in [0.2, 0.25) is 0 Å². The SMILES string of the molecule is C=C(c1ccc(O)cc1)c1nc(-c2c(F)cccc2P)cs1.